The number of benzene rings is 1. The summed E-state index contributed by atoms with van der Waals surface area (Å²) in [6, 6.07) is 6.66. The van der Waals surface area contributed by atoms with E-state index >= 15 is 0 Å². The molecule has 2 N–H and O–H groups in total. The lowest BCUT2D eigenvalue weighted by Crippen LogP contribution is -2.38. The second-order valence-electron chi connectivity index (χ2n) is 5.72. The van der Waals surface area contributed by atoms with Crippen molar-refractivity contribution in [2.24, 2.45) is 10.9 Å². The van der Waals surface area contributed by atoms with Crippen molar-refractivity contribution in [3.05, 3.63) is 23.8 Å². The number of ether oxygens (including phenoxy) is 2. The van der Waals surface area contributed by atoms with E-state index in [4.69, 9.17) is 9.47 Å². The maximum absolute atomic E-state index is 5.71. The van der Waals surface area contributed by atoms with Gasteiger partial charge in [-0.05, 0) is 30.0 Å². The van der Waals surface area contributed by atoms with Crippen LogP contribution in [0.1, 0.15) is 25.3 Å². The maximum atomic E-state index is 5.71. The van der Waals surface area contributed by atoms with Crippen LogP contribution in [-0.4, -0.2) is 32.3 Å². The number of nitrogens with one attached hydrogen (secondary N) is 2. The Morgan fingerprint density at radius 3 is 2.76 bits per heavy atom. The quantitative estimate of drug-likeness (QED) is 0.659. The highest BCUT2D eigenvalue weighted by Crippen LogP contribution is 2.30. The minimum Gasteiger partial charge on any atom is -0.490 e. The van der Waals surface area contributed by atoms with Crippen molar-refractivity contribution in [2.45, 2.75) is 32.4 Å². The van der Waals surface area contributed by atoms with Gasteiger partial charge in [-0.15, -0.1) is 0 Å². The molecule has 2 atom stereocenters. The second-order valence-corrected chi connectivity index (χ2v) is 5.72. The molecule has 1 aromatic carbocycles. The van der Waals surface area contributed by atoms with Crippen molar-refractivity contribution in [3.63, 3.8) is 0 Å². The fourth-order valence-corrected chi connectivity index (χ4v) is 2.40. The average Bonchev–Trinajstić information content (AvgIpc) is 3.24. The highest BCUT2D eigenvalue weighted by atomic mass is 16.5. The second kappa shape index (κ2) is 6.24. The van der Waals surface area contributed by atoms with Crippen LogP contribution in [0.25, 0.3) is 0 Å². The SMILES string of the molecule is CN=C(NCc1ccc2c(c1)OCCCO2)NC1CC1C. The van der Waals surface area contributed by atoms with Crippen LogP contribution in [-0.2, 0) is 6.54 Å². The normalized spacial score (nSPS) is 24.2. The van der Waals surface area contributed by atoms with E-state index < -0.39 is 0 Å². The van der Waals surface area contributed by atoms with Gasteiger partial charge in [0.05, 0.1) is 13.2 Å². The van der Waals surface area contributed by atoms with E-state index in [9.17, 15) is 0 Å². The molecule has 3 rings (SSSR count). The molecule has 1 saturated carbocycles. The first-order valence-electron chi connectivity index (χ1n) is 7.62. The van der Waals surface area contributed by atoms with E-state index in [1.807, 2.05) is 12.1 Å². The largest absolute Gasteiger partial charge is 0.490 e. The van der Waals surface area contributed by atoms with Crippen LogP contribution in [0.5, 0.6) is 11.5 Å². The number of guanidine groups is 1. The van der Waals surface area contributed by atoms with Crippen LogP contribution in [0.4, 0.5) is 0 Å². The van der Waals surface area contributed by atoms with Gasteiger partial charge in [-0.2, -0.15) is 0 Å². The Morgan fingerprint density at radius 1 is 1.29 bits per heavy atom. The van der Waals surface area contributed by atoms with Crippen molar-refractivity contribution in [1.29, 1.82) is 0 Å². The third-order valence-electron chi connectivity index (χ3n) is 3.93. The monoisotopic (exact) mass is 289 g/mol. The maximum Gasteiger partial charge on any atom is 0.191 e. The Kier molecular flexibility index (Phi) is 4.18. The molecular weight excluding hydrogens is 266 g/mol. The van der Waals surface area contributed by atoms with Gasteiger partial charge in [-0.3, -0.25) is 4.99 Å². The van der Waals surface area contributed by atoms with Crippen LogP contribution in [0, 0.1) is 5.92 Å². The molecule has 1 aromatic rings. The van der Waals surface area contributed by atoms with Gasteiger partial charge in [0, 0.05) is 26.1 Å². The summed E-state index contributed by atoms with van der Waals surface area (Å²) in [4.78, 5) is 4.26. The van der Waals surface area contributed by atoms with Crippen molar-refractivity contribution >= 4 is 5.96 Å². The van der Waals surface area contributed by atoms with Crippen LogP contribution >= 0.6 is 0 Å². The highest BCUT2D eigenvalue weighted by Gasteiger charge is 2.33. The van der Waals surface area contributed by atoms with Gasteiger partial charge in [0.2, 0.25) is 0 Å². The smallest absolute Gasteiger partial charge is 0.191 e. The fraction of sp³-hybridized carbons (Fsp3) is 0.562. The van der Waals surface area contributed by atoms with Gasteiger partial charge < -0.3 is 20.1 Å². The summed E-state index contributed by atoms with van der Waals surface area (Å²) >= 11 is 0. The predicted molar refractivity (Wildman–Crippen MR) is 83.0 cm³/mol. The summed E-state index contributed by atoms with van der Waals surface area (Å²) in [7, 11) is 1.80. The van der Waals surface area contributed by atoms with Crippen LogP contribution in [0.3, 0.4) is 0 Å². The van der Waals surface area contributed by atoms with E-state index in [2.05, 4.69) is 28.6 Å². The van der Waals surface area contributed by atoms with Crippen LogP contribution in [0.2, 0.25) is 0 Å². The topological polar surface area (TPSA) is 54.9 Å². The number of nitrogens with zero attached hydrogens (tertiary/aromatic N) is 1. The zero-order chi connectivity index (χ0) is 14.7. The molecule has 1 aliphatic carbocycles. The van der Waals surface area contributed by atoms with Gasteiger partial charge in [0.1, 0.15) is 0 Å². The molecule has 1 heterocycles. The summed E-state index contributed by atoms with van der Waals surface area (Å²) in [5, 5.41) is 6.76. The molecule has 114 valence electrons. The van der Waals surface area contributed by atoms with E-state index in [1.165, 1.54) is 6.42 Å². The van der Waals surface area contributed by atoms with E-state index in [-0.39, 0.29) is 0 Å². The Balaban J connectivity index is 1.58. The van der Waals surface area contributed by atoms with Gasteiger partial charge >= 0.3 is 0 Å². The first-order chi connectivity index (χ1) is 10.3. The molecule has 21 heavy (non-hydrogen) atoms. The summed E-state index contributed by atoms with van der Waals surface area (Å²) in [5.74, 6) is 3.29. The number of hydrogen-bond acceptors (Lipinski definition) is 3. The van der Waals surface area contributed by atoms with Crippen molar-refractivity contribution in [2.75, 3.05) is 20.3 Å². The molecule has 2 aliphatic rings. The Morgan fingerprint density at radius 2 is 2.05 bits per heavy atom. The lowest BCUT2D eigenvalue weighted by Gasteiger charge is -2.13. The minimum absolute atomic E-state index is 0.569. The van der Waals surface area contributed by atoms with Crippen LogP contribution in [0.15, 0.2) is 23.2 Å². The fourth-order valence-electron chi connectivity index (χ4n) is 2.40. The Labute approximate surface area is 125 Å². The third-order valence-corrected chi connectivity index (χ3v) is 3.93. The highest BCUT2D eigenvalue weighted by molar-refractivity contribution is 5.80. The first kappa shape index (κ1) is 14.0. The zero-order valence-corrected chi connectivity index (χ0v) is 12.7. The number of aliphatic imine (C=N–C) groups is 1. The predicted octanol–water partition coefficient (Wildman–Crippen LogP) is 1.92. The molecule has 2 unspecified atom stereocenters. The number of fused-ring (bicyclic) bond motifs is 1. The lowest BCUT2D eigenvalue weighted by atomic mass is 10.2. The Bertz CT molecular complexity index is 530. The molecule has 0 radical (unpaired) electrons. The van der Waals surface area contributed by atoms with Crippen LogP contribution < -0.4 is 20.1 Å². The van der Waals surface area contributed by atoms with Crippen molar-refractivity contribution in [1.82, 2.24) is 10.6 Å². The molecule has 5 nitrogen and oxygen atoms in total. The van der Waals surface area contributed by atoms with E-state index in [0.717, 1.165) is 48.5 Å². The van der Waals surface area contributed by atoms with Gasteiger partial charge in [0.15, 0.2) is 17.5 Å². The summed E-state index contributed by atoms with van der Waals surface area (Å²) in [5.41, 5.74) is 1.16. The van der Waals surface area contributed by atoms with Gasteiger partial charge in [0.25, 0.3) is 0 Å². The Hall–Kier alpha value is -1.91. The summed E-state index contributed by atoms with van der Waals surface area (Å²) in [6.45, 7) is 4.40. The molecule has 1 fully saturated rings. The molecule has 0 amide bonds. The molecule has 0 aromatic heterocycles. The minimum atomic E-state index is 0.569. The molecule has 1 aliphatic heterocycles. The molecule has 0 spiro atoms. The number of rotatable bonds is 3. The summed E-state index contributed by atoms with van der Waals surface area (Å²) in [6.07, 6.45) is 2.16. The van der Waals surface area contributed by atoms with Gasteiger partial charge in [-0.25, -0.2) is 0 Å². The van der Waals surface area contributed by atoms with E-state index in [1.54, 1.807) is 7.05 Å². The zero-order valence-electron chi connectivity index (χ0n) is 12.7. The van der Waals surface area contributed by atoms with Crippen molar-refractivity contribution in [3.8, 4) is 11.5 Å². The first-order valence-corrected chi connectivity index (χ1v) is 7.62. The third kappa shape index (κ3) is 3.60. The van der Waals surface area contributed by atoms with Crippen molar-refractivity contribution < 1.29 is 9.47 Å². The lowest BCUT2D eigenvalue weighted by molar-refractivity contribution is 0.297. The molecular formula is C16H23N3O2. The molecule has 0 bridgehead atoms. The molecule has 5 heteroatoms. The van der Waals surface area contributed by atoms with Gasteiger partial charge in [-0.1, -0.05) is 13.0 Å². The molecule has 0 saturated heterocycles. The summed E-state index contributed by atoms with van der Waals surface area (Å²) < 4.78 is 11.4. The average molecular weight is 289 g/mol. The standard InChI is InChI=1S/C16H23N3O2/c1-11-8-13(11)19-16(17-2)18-10-12-4-5-14-15(9-12)21-7-3-6-20-14/h4-5,9,11,13H,3,6-8,10H2,1-2H3,(H2,17,18,19). The number of hydrogen-bond donors (Lipinski definition) is 2. The van der Waals surface area contributed by atoms with E-state index in [0.29, 0.717) is 12.6 Å².